The summed E-state index contributed by atoms with van der Waals surface area (Å²) in [5.41, 5.74) is 1.94. The first-order chi connectivity index (χ1) is 12.7. The third-order valence-corrected chi connectivity index (χ3v) is 4.49. The monoisotopic (exact) mass is 369 g/mol. The van der Waals surface area contributed by atoms with Crippen LogP contribution in [0.25, 0.3) is 0 Å². The average molecular weight is 369 g/mol. The number of anilines is 1. The molecule has 0 saturated carbocycles. The van der Waals surface area contributed by atoms with Gasteiger partial charge in [0.1, 0.15) is 5.75 Å². The molecule has 3 aromatic rings. The van der Waals surface area contributed by atoms with Crippen molar-refractivity contribution in [2.24, 2.45) is 0 Å². The van der Waals surface area contributed by atoms with E-state index in [4.69, 9.17) is 9.15 Å². The Balaban J connectivity index is 1.55. The van der Waals surface area contributed by atoms with Crippen LogP contribution in [0, 0.1) is 0 Å². The molecule has 26 heavy (non-hydrogen) atoms. The molecule has 1 N–H and O–H groups in total. The summed E-state index contributed by atoms with van der Waals surface area (Å²) in [6.45, 7) is 0. The molecule has 0 bridgehead atoms. The van der Waals surface area contributed by atoms with Crippen molar-refractivity contribution in [2.45, 2.75) is 17.7 Å². The second-order valence-corrected chi connectivity index (χ2v) is 6.48. The van der Waals surface area contributed by atoms with Crippen molar-refractivity contribution in [1.29, 1.82) is 0 Å². The van der Waals surface area contributed by atoms with Gasteiger partial charge in [-0.05, 0) is 41.6 Å². The maximum atomic E-state index is 12.1. The largest absolute Gasteiger partial charge is 0.497 e. The molecular formula is C19H19N3O3S. The summed E-state index contributed by atoms with van der Waals surface area (Å²) >= 11 is 1.66. The Morgan fingerprint density at radius 3 is 2.42 bits per heavy atom. The van der Waals surface area contributed by atoms with Gasteiger partial charge in [0.05, 0.1) is 20.0 Å². The van der Waals surface area contributed by atoms with Gasteiger partial charge in [0.15, 0.2) is 0 Å². The number of carbonyl (C=O) groups is 1. The highest BCUT2D eigenvalue weighted by Crippen LogP contribution is 2.17. The lowest BCUT2D eigenvalue weighted by molar-refractivity contribution is -0.115. The number of hydrogen-bond acceptors (Lipinski definition) is 6. The van der Waals surface area contributed by atoms with Crippen LogP contribution in [-0.2, 0) is 17.6 Å². The standard InChI is InChI=1S/C19H19N3O3S/c1-24-15-7-3-14(4-8-15)12-18-21-22-19(25-18)20-17(23)11-13-5-9-16(26-2)10-6-13/h3-10H,11-12H2,1-2H3,(H,20,22,23). The first-order valence-corrected chi connectivity index (χ1v) is 9.27. The Morgan fingerprint density at radius 1 is 1.08 bits per heavy atom. The van der Waals surface area contributed by atoms with Gasteiger partial charge in [-0.1, -0.05) is 29.4 Å². The van der Waals surface area contributed by atoms with Crippen LogP contribution in [-0.4, -0.2) is 29.5 Å². The van der Waals surface area contributed by atoms with Crippen LogP contribution in [0.5, 0.6) is 5.75 Å². The van der Waals surface area contributed by atoms with Gasteiger partial charge in [0.25, 0.3) is 0 Å². The molecule has 3 rings (SSSR count). The van der Waals surface area contributed by atoms with E-state index in [0.29, 0.717) is 12.3 Å². The summed E-state index contributed by atoms with van der Waals surface area (Å²) in [4.78, 5) is 13.3. The third-order valence-electron chi connectivity index (χ3n) is 3.75. The number of rotatable bonds is 7. The topological polar surface area (TPSA) is 77.3 Å². The van der Waals surface area contributed by atoms with Gasteiger partial charge >= 0.3 is 6.01 Å². The van der Waals surface area contributed by atoms with E-state index in [1.54, 1.807) is 18.9 Å². The lowest BCUT2D eigenvalue weighted by Crippen LogP contribution is -2.14. The van der Waals surface area contributed by atoms with Crippen LogP contribution in [0.4, 0.5) is 6.01 Å². The van der Waals surface area contributed by atoms with E-state index in [1.807, 2.05) is 54.8 Å². The summed E-state index contributed by atoms with van der Waals surface area (Å²) in [6.07, 6.45) is 2.76. The number of methoxy groups -OCH3 is 1. The first-order valence-electron chi connectivity index (χ1n) is 8.04. The van der Waals surface area contributed by atoms with Crippen LogP contribution in [0.2, 0.25) is 0 Å². The number of aromatic nitrogens is 2. The number of hydrogen-bond donors (Lipinski definition) is 1. The van der Waals surface area contributed by atoms with Crippen LogP contribution in [0.1, 0.15) is 17.0 Å². The molecule has 0 saturated heterocycles. The second kappa shape index (κ2) is 8.53. The maximum absolute atomic E-state index is 12.1. The number of nitrogens with one attached hydrogen (secondary N) is 1. The second-order valence-electron chi connectivity index (χ2n) is 5.60. The van der Waals surface area contributed by atoms with Crippen LogP contribution in [0.3, 0.4) is 0 Å². The molecule has 0 radical (unpaired) electrons. The summed E-state index contributed by atoms with van der Waals surface area (Å²) in [6, 6.07) is 15.6. The predicted octanol–water partition coefficient (Wildman–Crippen LogP) is 3.57. The van der Waals surface area contributed by atoms with E-state index in [1.165, 1.54) is 0 Å². The summed E-state index contributed by atoms with van der Waals surface area (Å²) in [7, 11) is 1.62. The summed E-state index contributed by atoms with van der Waals surface area (Å²) in [5, 5.41) is 10.5. The van der Waals surface area contributed by atoms with Crippen molar-refractivity contribution < 1.29 is 13.9 Å². The first kappa shape index (κ1) is 18.0. The Kier molecular flexibility index (Phi) is 5.91. The van der Waals surface area contributed by atoms with E-state index in [-0.39, 0.29) is 18.3 Å². The van der Waals surface area contributed by atoms with Crippen molar-refractivity contribution in [2.75, 3.05) is 18.7 Å². The molecule has 0 atom stereocenters. The van der Waals surface area contributed by atoms with Gasteiger partial charge in [0.2, 0.25) is 11.8 Å². The van der Waals surface area contributed by atoms with Gasteiger partial charge in [0, 0.05) is 4.90 Å². The molecule has 0 spiro atoms. The number of nitrogens with zero attached hydrogens (tertiary/aromatic N) is 2. The zero-order valence-corrected chi connectivity index (χ0v) is 15.4. The van der Waals surface area contributed by atoms with E-state index in [9.17, 15) is 4.79 Å². The van der Waals surface area contributed by atoms with Crippen molar-refractivity contribution >= 4 is 23.7 Å². The maximum Gasteiger partial charge on any atom is 0.322 e. The van der Waals surface area contributed by atoms with Crippen molar-refractivity contribution in [3.05, 3.63) is 65.5 Å². The fourth-order valence-electron chi connectivity index (χ4n) is 2.39. The fraction of sp³-hybridized carbons (Fsp3) is 0.211. The lowest BCUT2D eigenvalue weighted by atomic mass is 10.1. The highest BCUT2D eigenvalue weighted by molar-refractivity contribution is 7.98. The Morgan fingerprint density at radius 2 is 1.77 bits per heavy atom. The SMILES string of the molecule is COc1ccc(Cc2nnc(NC(=O)Cc3ccc(SC)cc3)o2)cc1. The summed E-state index contributed by atoms with van der Waals surface area (Å²) < 4.78 is 10.6. The Labute approximate surface area is 156 Å². The molecule has 1 amide bonds. The molecule has 0 fully saturated rings. The number of benzene rings is 2. The van der Waals surface area contributed by atoms with Crippen molar-refractivity contribution in [1.82, 2.24) is 10.2 Å². The van der Waals surface area contributed by atoms with Gasteiger partial charge < -0.3 is 9.15 Å². The number of ether oxygens (including phenoxy) is 1. The minimum absolute atomic E-state index is 0.110. The Hall–Kier alpha value is -2.80. The lowest BCUT2D eigenvalue weighted by Gasteiger charge is -2.02. The van der Waals surface area contributed by atoms with Crippen LogP contribution < -0.4 is 10.1 Å². The van der Waals surface area contributed by atoms with E-state index < -0.39 is 0 Å². The fourth-order valence-corrected chi connectivity index (χ4v) is 2.79. The van der Waals surface area contributed by atoms with E-state index in [2.05, 4.69) is 15.5 Å². The van der Waals surface area contributed by atoms with Crippen molar-refractivity contribution in [3.63, 3.8) is 0 Å². The molecule has 7 heteroatoms. The minimum Gasteiger partial charge on any atom is -0.497 e. The number of amides is 1. The zero-order chi connectivity index (χ0) is 18.4. The molecule has 0 unspecified atom stereocenters. The van der Waals surface area contributed by atoms with Gasteiger partial charge in [-0.15, -0.1) is 16.9 Å². The predicted molar refractivity (Wildman–Crippen MR) is 101 cm³/mol. The average Bonchev–Trinajstić information content (AvgIpc) is 3.09. The Bertz CT molecular complexity index is 860. The minimum atomic E-state index is -0.193. The molecule has 6 nitrogen and oxygen atoms in total. The third kappa shape index (κ3) is 4.86. The number of thioether (sulfide) groups is 1. The van der Waals surface area contributed by atoms with Gasteiger partial charge in [-0.25, -0.2) is 0 Å². The molecule has 134 valence electrons. The normalized spacial score (nSPS) is 10.5. The van der Waals surface area contributed by atoms with Crippen molar-refractivity contribution in [3.8, 4) is 5.75 Å². The highest BCUT2D eigenvalue weighted by Gasteiger charge is 2.11. The van der Waals surface area contributed by atoms with Crippen LogP contribution >= 0.6 is 11.8 Å². The number of carbonyl (C=O) groups excluding carboxylic acids is 1. The molecule has 0 aliphatic carbocycles. The van der Waals surface area contributed by atoms with Gasteiger partial charge in [-0.2, -0.15) is 0 Å². The smallest absolute Gasteiger partial charge is 0.322 e. The molecular weight excluding hydrogens is 350 g/mol. The van der Waals surface area contributed by atoms with E-state index in [0.717, 1.165) is 21.8 Å². The highest BCUT2D eigenvalue weighted by atomic mass is 32.2. The molecule has 0 aliphatic rings. The molecule has 2 aromatic carbocycles. The van der Waals surface area contributed by atoms with Gasteiger partial charge in [-0.3, -0.25) is 10.1 Å². The molecule has 1 heterocycles. The summed E-state index contributed by atoms with van der Waals surface area (Å²) in [5.74, 6) is 1.04. The zero-order valence-electron chi connectivity index (χ0n) is 14.6. The van der Waals surface area contributed by atoms with E-state index >= 15 is 0 Å². The quantitative estimate of drug-likeness (QED) is 0.642. The molecule has 1 aromatic heterocycles. The van der Waals surface area contributed by atoms with Crippen LogP contribution in [0.15, 0.2) is 57.8 Å². The molecule has 0 aliphatic heterocycles.